The lowest BCUT2D eigenvalue weighted by Gasteiger charge is -2.24. The Bertz CT molecular complexity index is 1240. The Morgan fingerprint density at radius 3 is 2.65 bits per heavy atom. The normalized spacial score (nSPS) is 11.4. The lowest BCUT2D eigenvalue weighted by molar-refractivity contribution is 0.0236. The first-order valence-electron chi connectivity index (χ1n) is 10.4. The molecule has 0 fully saturated rings. The molecule has 2 heterocycles. The number of hydrogen-bond donors (Lipinski definition) is 1. The van der Waals surface area contributed by atoms with Crippen LogP contribution in [0.1, 0.15) is 43.6 Å². The summed E-state index contributed by atoms with van der Waals surface area (Å²) in [5, 5.41) is 22.1. The SMILES string of the molecule is CCC(O)(CC)c1cccc(COc2ccc3c(-c4ccoc4)cc(C#N)cc3c2)n1. The molecule has 0 spiro atoms. The largest absolute Gasteiger partial charge is 0.487 e. The minimum Gasteiger partial charge on any atom is -0.487 e. The van der Waals surface area contributed by atoms with E-state index in [9.17, 15) is 10.4 Å². The molecule has 2 aromatic heterocycles. The van der Waals surface area contributed by atoms with Gasteiger partial charge < -0.3 is 14.3 Å². The number of pyridine rings is 1. The molecule has 31 heavy (non-hydrogen) atoms. The Balaban J connectivity index is 1.61. The molecule has 0 saturated heterocycles. The van der Waals surface area contributed by atoms with Crippen molar-refractivity contribution >= 4 is 10.8 Å². The highest BCUT2D eigenvalue weighted by Crippen LogP contribution is 2.33. The van der Waals surface area contributed by atoms with E-state index in [-0.39, 0.29) is 6.61 Å². The van der Waals surface area contributed by atoms with Crippen LogP contribution < -0.4 is 4.74 Å². The third-order valence-corrected chi connectivity index (χ3v) is 5.73. The van der Waals surface area contributed by atoms with Crippen LogP contribution in [-0.4, -0.2) is 10.1 Å². The first kappa shape index (κ1) is 20.6. The number of benzene rings is 2. The lowest BCUT2D eigenvalue weighted by atomic mass is 9.93. The Morgan fingerprint density at radius 1 is 1.10 bits per heavy atom. The maximum absolute atomic E-state index is 10.7. The Hall–Kier alpha value is -3.62. The van der Waals surface area contributed by atoms with E-state index in [4.69, 9.17) is 9.15 Å². The predicted molar refractivity (Wildman–Crippen MR) is 119 cm³/mol. The van der Waals surface area contributed by atoms with E-state index in [1.165, 1.54) is 0 Å². The van der Waals surface area contributed by atoms with Crippen molar-refractivity contribution in [3.63, 3.8) is 0 Å². The van der Waals surface area contributed by atoms with Gasteiger partial charge in [0.1, 0.15) is 18.0 Å². The van der Waals surface area contributed by atoms with Crippen LogP contribution >= 0.6 is 0 Å². The summed E-state index contributed by atoms with van der Waals surface area (Å²) in [7, 11) is 0. The van der Waals surface area contributed by atoms with Gasteiger partial charge in [-0.2, -0.15) is 5.26 Å². The summed E-state index contributed by atoms with van der Waals surface area (Å²) in [5.41, 5.74) is 2.95. The zero-order chi connectivity index (χ0) is 21.8. The number of aromatic nitrogens is 1. The number of furan rings is 1. The van der Waals surface area contributed by atoms with Gasteiger partial charge in [-0.25, -0.2) is 0 Å². The quantitative estimate of drug-likeness (QED) is 0.405. The predicted octanol–water partition coefficient (Wildman–Crippen LogP) is 5.95. The first-order valence-corrected chi connectivity index (χ1v) is 10.4. The van der Waals surface area contributed by atoms with Crippen LogP contribution in [0.3, 0.4) is 0 Å². The summed E-state index contributed by atoms with van der Waals surface area (Å²) in [6.45, 7) is 4.20. The topological polar surface area (TPSA) is 79.3 Å². The molecule has 4 rings (SSSR count). The third-order valence-electron chi connectivity index (χ3n) is 5.73. The van der Waals surface area contributed by atoms with Gasteiger partial charge >= 0.3 is 0 Å². The highest BCUT2D eigenvalue weighted by Gasteiger charge is 2.26. The molecule has 5 nitrogen and oxygen atoms in total. The van der Waals surface area contributed by atoms with Crippen LogP contribution in [-0.2, 0) is 12.2 Å². The smallest absolute Gasteiger partial charge is 0.130 e. The van der Waals surface area contributed by atoms with E-state index in [0.717, 1.165) is 27.6 Å². The number of rotatable bonds is 7. The van der Waals surface area contributed by atoms with Gasteiger partial charge in [-0.05, 0) is 71.6 Å². The van der Waals surface area contributed by atoms with E-state index in [0.29, 0.717) is 29.8 Å². The molecular formula is C26H24N2O3. The molecule has 0 amide bonds. The lowest BCUT2D eigenvalue weighted by Crippen LogP contribution is -2.25. The standard InChI is InChI=1S/C26H24N2O3/c1-3-26(29,4-2)25-7-5-6-21(28-25)17-31-22-8-9-23-20(14-22)12-18(15-27)13-24(23)19-10-11-30-16-19/h5-14,16,29H,3-4,17H2,1-2H3. The van der Waals surface area contributed by atoms with Crippen molar-refractivity contribution in [2.24, 2.45) is 0 Å². The summed E-state index contributed by atoms with van der Waals surface area (Å²) in [6.07, 6.45) is 4.50. The van der Waals surface area contributed by atoms with E-state index in [1.807, 2.05) is 68.4 Å². The van der Waals surface area contributed by atoms with E-state index >= 15 is 0 Å². The summed E-state index contributed by atoms with van der Waals surface area (Å²) in [4.78, 5) is 4.61. The average molecular weight is 412 g/mol. The van der Waals surface area contributed by atoms with E-state index in [1.54, 1.807) is 12.5 Å². The van der Waals surface area contributed by atoms with Crippen LogP contribution in [0.25, 0.3) is 21.9 Å². The average Bonchev–Trinajstić information content (AvgIpc) is 3.36. The second-order valence-electron chi connectivity index (χ2n) is 7.57. The molecule has 0 atom stereocenters. The molecule has 0 bridgehead atoms. The van der Waals surface area contributed by atoms with Gasteiger partial charge in [0, 0.05) is 5.56 Å². The minimum atomic E-state index is -0.920. The van der Waals surface area contributed by atoms with Crippen LogP contribution in [0.4, 0.5) is 0 Å². The Morgan fingerprint density at radius 2 is 1.94 bits per heavy atom. The van der Waals surface area contributed by atoms with Crippen LogP contribution in [0, 0.1) is 11.3 Å². The molecule has 0 unspecified atom stereocenters. The maximum Gasteiger partial charge on any atom is 0.130 e. The van der Waals surface area contributed by atoms with Crippen LogP contribution in [0.2, 0.25) is 0 Å². The fraction of sp³-hybridized carbons (Fsp3) is 0.231. The van der Waals surface area contributed by atoms with Crippen molar-refractivity contribution in [1.29, 1.82) is 5.26 Å². The van der Waals surface area contributed by atoms with Gasteiger partial charge in [0.25, 0.3) is 0 Å². The molecule has 156 valence electrons. The highest BCUT2D eigenvalue weighted by molar-refractivity contribution is 5.98. The number of aliphatic hydroxyl groups is 1. The summed E-state index contributed by atoms with van der Waals surface area (Å²) < 4.78 is 11.2. The minimum absolute atomic E-state index is 0.287. The fourth-order valence-corrected chi connectivity index (χ4v) is 3.75. The third kappa shape index (κ3) is 4.16. The summed E-state index contributed by atoms with van der Waals surface area (Å²) >= 11 is 0. The highest BCUT2D eigenvalue weighted by atomic mass is 16.5. The molecule has 2 aromatic carbocycles. The second kappa shape index (κ2) is 8.63. The van der Waals surface area contributed by atoms with Gasteiger partial charge in [0.2, 0.25) is 0 Å². The van der Waals surface area contributed by atoms with Gasteiger partial charge in [0.05, 0.1) is 35.5 Å². The van der Waals surface area contributed by atoms with Gasteiger partial charge in [-0.1, -0.05) is 26.0 Å². The van der Waals surface area contributed by atoms with Crippen molar-refractivity contribution in [2.75, 3.05) is 0 Å². The van der Waals surface area contributed by atoms with Crippen molar-refractivity contribution in [3.05, 3.63) is 84.1 Å². The number of ether oxygens (including phenoxy) is 1. The molecule has 5 heteroatoms. The molecule has 0 aliphatic rings. The summed E-state index contributed by atoms with van der Waals surface area (Å²) in [6, 6.07) is 19.3. The van der Waals surface area contributed by atoms with Gasteiger partial charge in [-0.15, -0.1) is 0 Å². The zero-order valence-electron chi connectivity index (χ0n) is 17.6. The second-order valence-corrected chi connectivity index (χ2v) is 7.57. The molecular weight excluding hydrogens is 388 g/mol. The Kier molecular flexibility index (Phi) is 5.75. The molecule has 0 radical (unpaired) electrons. The molecule has 0 aliphatic carbocycles. The van der Waals surface area contributed by atoms with Gasteiger partial charge in [-0.3, -0.25) is 4.98 Å². The van der Waals surface area contributed by atoms with E-state index < -0.39 is 5.60 Å². The van der Waals surface area contributed by atoms with Gasteiger partial charge in [0.15, 0.2) is 0 Å². The molecule has 0 saturated carbocycles. The maximum atomic E-state index is 10.7. The molecule has 1 N–H and O–H groups in total. The number of nitrogens with zero attached hydrogens (tertiary/aromatic N) is 2. The number of hydrogen-bond acceptors (Lipinski definition) is 5. The monoisotopic (exact) mass is 412 g/mol. The van der Waals surface area contributed by atoms with Crippen molar-refractivity contribution in [1.82, 2.24) is 4.98 Å². The van der Waals surface area contributed by atoms with Crippen molar-refractivity contribution < 1.29 is 14.3 Å². The van der Waals surface area contributed by atoms with Crippen molar-refractivity contribution in [3.8, 4) is 22.9 Å². The number of fused-ring (bicyclic) bond motifs is 1. The molecule has 4 aromatic rings. The van der Waals surface area contributed by atoms with E-state index in [2.05, 4.69) is 11.1 Å². The first-order chi connectivity index (χ1) is 15.1. The Labute approximate surface area is 181 Å². The zero-order valence-corrected chi connectivity index (χ0v) is 17.6. The van der Waals surface area contributed by atoms with Crippen LogP contribution in [0.15, 0.2) is 71.5 Å². The fourth-order valence-electron chi connectivity index (χ4n) is 3.75. The molecule has 0 aliphatic heterocycles. The van der Waals surface area contributed by atoms with Crippen LogP contribution in [0.5, 0.6) is 5.75 Å². The number of nitriles is 1. The van der Waals surface area contributed by atoms with Crippen molar-refractivity contribution in [2.45, 2.75) is 38.9 Å². The summed E-state index contributed by atoms with van der Waals surface area (Å²) in [5.74, 6) is 0.689.